The van der Waals surface area contributed by atoms with Gasteiger partial charge in [0.1, 0.15) is 6.61 Å². The number of rotatable bonds is 3. The highest BCUT2D eigenvalue weighted by molar-refractivity contribution is 5.87. The first-order valence-corrected chi connectivity index (χ1v) is 8.25. The lowest BCUT2D eigenvalue weighted by Gasteiger charge is -2.25. The summed E-state index contributed by atoms with van der Waals surface area (Å²) in [5.41, 5.74) is 6.07. The third-order valence-electron chi connectivity index (χ3n) is 4.46. The van der Waals surface area contributed by atoms with Crippen LogP contribution in [0.2, 0.25) is 0 Å². The van der Waals surface area contributed by atoms with Gasteiger partial charge in [0, 0.05) is 5.92 Å². The number of hydrogen-bond donors (Lipinski definition) is 2. The van der Waals surface area contributed by atoms with E-state index in [1.54, 1.807) is 18.2 Å². The average molecular weight is 338 g/mol. The molecule has 4 rings (SSSR count). The molecule has 2 amide bonds. The largest absolute Gasteiger partial charge is 0.485 e. The molecule has 1 heterocycles. The Kier molecular flexibility index (Phi) is 4.01. The first-order valence-electron chi connectivity index (χ1n) is 8.25. The van der Waals surface area contributed by atoms with Gasteiger partial charge < -0.3 is 9.47 Å². The molecule has 6 nitrogen and oxygen atoms in total. The third kappa shape index (κ3) is 3.28. The van der Waals surface area contributed by atoms with Crippen LogP contribution in [-0.4, -0.2) is 24.5 Å². The fourth-order valence-corrected chi connectivity index (χ4v) is 3.00. The van der Waals surface area contributed by atoms with Crippen LogP contribution >= 0.6 is 0 Å². The fraction of sp³-hybridized carbons (Fsp3) is 0.263. The number of fused-ring (bicyclic) bond motifs is 1. The molecule has 25 heavy (non-hydrogen) atoms. The summed E-state index contributed by atoms with van der Waals surface area (Å²) in [5, 5.41) is 0. The summed E-state index contributed by atoms with van der Waals surface area (Å²) in [4.78, 5) is 24.4. The molecule has 2 aromatic rings. The second-order valence-electron chi connectivity index (χ2n) is 6.20. The molecule has 2 aliphatic rings. The Morgan fingerprint density at radius 3 is 2.36 bits per heavy atom. The van der Waals surface area contributed by atoms with Gasteiger partial charge in [0.05, 0.1) is 0 Å². The molecule has 2 aromatic carbocycles. The molecule has 2 N–H and O–H groups in total. The number of amides is 2. The Bertz CT molecular complexity index is 793. The van der Waals surface area contributed by atoms with Gasteiger partial charge in [-0.2, -0.15) is 0 Å². The minimum atomic E-state index is -0.792. The van der Waals surface area contributed by atoms with Crippen molar-refractivity contribution in [3.63, 3.8) is 0 Å². The monoisotopic (exact) mass is 338 g/mol. The SMILES string of the molecule is O=C(NNC(=O)C1CC1c1ccccc1)C1COc2ccccc2O1. The predicted octanol–water partition coefficient (Wildman–Crippen LogP) is 1.78. The predicted molar refractivity (Wildman–Crippen MR) is 89.9 cm³/mol. The number of para-hydroxylation sites is 2. The van der Waals surface area contributed by atoms with Crippen molar-refractivity contribution < 1.29 is 19.1 Å². The molecule has 6 heteroatoms. The van der Waals surface area contributed by atoms with E-state index in [4.69, 9.17) is 9.47 Å². The molecule has 1 aliphatic carbocycles. The minimum Gasteiger partial charge on any atom is -0.485 e. The molecular formula is C19H18N2O4. The zero-order valence-electron chi connectivity index (χ0n) is 13.5. The van der Waals surface area contributed by atoms with Gasteiger partial charge in [-0.1, -0.05) is 42.5 Å². The third-order valence-corrected chi connectivity index (χ3v) is 4.46. The Balaban J connectivity index is 1.28. The fourth-order valence-electron chi connectivity index (χ4n) is 3.00. The van der Waals surface area contributed by atoms with Gasteiger partial charge in [-0.15, -0.1) is 0 Å². The van der Waals surface area contributed by atoms with E-state index < -0.39 is 12.0 Å². The second kappa shape index (κ2) is 6.47. The summed E-state index contributed by atoms with van der Waals surface area (Å²) in [5.74, 6) is 0.635. The van der Waals surface area contributed by atoms with Crippen molar-refractivity contribution in [2.45, 2.75) is 18.4 Å². The molecule has 0 aromatic heterocycles. The number of benzene rings is 2. The molecule has 128 valence electrons. The van der Waals surface area contributed by atoms with E-state index in [1.807, 2.05) is 36.4 Å². The minimum absolute atomic E-state index is 0.105. The zero-order valence-corrected chi connectivity index (χ0v) is 13.5. The van der Waals surface area contributed by atoms with Crippen molar-refractivity contribution in [1.82, 2.24) is 10.9 Å². The molecule has 0 saturated heterocycles. The quantitative estimate of drug-likeness (QED) is 0.837. The molecule has 0 bridgehead atoms. The maximum Gasteiger partial charge on any atom is 0.283 e. The lowest BCUT2D eigenvalue weighted by atomic mass is 10.1. The van der Waals surface area contributed by atoms with Crippen LogP contribution in [0.25, 0.3) is 0 Å². The van der Waals surface area contributed by atoms with E-state index in [9.17, 15) is 9.59 Å². The van der Waals surface area contributed by atoms with Gasteiger partial charge in [-0.05, 0) is 30.0 Å². The Hall–Kier alpha value is -3.02. The summed E-state index contributed by atoms with van der Waals surface area (Å²) < 4.78 is 11.1. The molecule has 1 aliphatic heterocycles. The van der Waals surface area contributed by atoms with Gasteiger partial charge in [0.25, 0.3) is 5.91 Å². The van der Waals surface area contributed by atoms with Crippen LogP contribution in [0.5, 0.6) is 11.5 Å². The van der Waals surface area contributed by atoms with Crippen molar-refractivity contribution in [1.29, 1.82) is 0 Å². The standard InChI is InChI=1S/C19H18N2O4/c22-18(14-10-13(14)12-6-2-1-3-7-12)20-21-19(23)17-11-24-15-8-4-5-9-16(15)25-17/h1-9,13-14,17H,10-11H2,(H,20,22)(H,21,23). The maximum absolute atomic E-state index is 12.2. The highest BCUT2D eigenvalue weighted by Crippen LogP contribution is 2.47. The van der Waals surface area contributed by atoms with Crippen LogP contribution in [0, 0.1) is 5.92 Å². The molecule has 0 radical (unpaired) electrons. The molecular weight excluding hydrogens is 320 g/mol. The molecule has 1 saturated carbocycles. The number of carbonyl (C=O) groups excluding carboxylic acids is 2. The van der Waals surface area contributed by atoms with Crippen LogP contribution < -0.4 is 20.3 Å². The van der Waals surface area contributed by atoms with Gasteiger partial charge in [-0.25, -0.2) is 0 Å². The van der Waals surface area contributed by atoms with Crippen LogP contribution in [0.3, 0.4) is 0 Å². The number of hydrogen-bond acceptors (Lipinski definition) is 4. The summed E-state index contributed by atoms with van der Waals surface area (Å²) in [6, 6.07) is 17.1. The topological polar surface area (TPSA) is 76.7 Å². The van der Waals surface area contributed by atoms with Gasteiger partial charge >= 0.3 is 0 Å². The van der Waals surface area contributed by atoms with E-state index >= 15 is 0 Å². The highest BCUT2D eigenvalue weighted by Gasteiger charge is 2.44. The smallest absolute Gasteiger partial charge is 0.283 e. The first kappa shape index (κ1) is 15.5. The molecule has 1 fully saturated rings. The summed E-state index contributed by atoms with van der Waals surface area (Å²) >= 11 is 0. The van der Waals surface area contributed by atoms with E-state index in [-0.39, 0.29) is 24.3 Å². The number of carbonyl (C=O) groups is 2. The van der Waals surface area contributed by atoms with Crippen molar-refractivity contribution in [3.05, 3.63) is 60.2 Å². The van der Waals surface area contributed by atoms with Gasteiger partial charge in [0.2, 0.25) is 12.0 Å². The summed E-state index contributed by atoms with van der Waals surface area (Å²) in [6.45, 7) is 0.106. The number of ether oxygens (including phenoxy) is 2. The van der Waals surface area contributed by atoms with Crippen molar-refractivity contribution in [3.8, 4) is 11.5 Å². The van der Waals surface area contributed by atoms with Crippen molar-refractivity contribution in [2.75, 3.05) is 6.61 Å². The average Bonchev–Trinajstić information content (AvgIpc) is 3.47. The Labute approximate surface area is 145 Å². The van der Waals surface area contributed by atoms with E-state index in [1.165, 1.54) is 0 Å². The van der Waals surface area contributed by atoms with Crippen LogP contribution in [0.1, 0.15) is 17.9 Å². The van der Waals surface area contributed by atoms with Crippen LogP contribution in [0.15, 0.2) is 54.6 Å². The molecule has 0 spiro atoms. The van der Waals surface area contributed by atoms with Crippen molar-refractivity contribution >= 4 is 11.8 Å². The maximum atomic E-state index is 12.2. The lowest BCUT2D eigenvalue weighted by molar-refractivity contribution is -0.135. The Morgan fingerprint density at radius 2 is 1.56 bits per heavy atom. The molecule has 3 atom stereocenters. The van der Waals surface area contributed by atoms with Gasteiger partial charge in [-0.3, -0.25) is 20.4 Å². The summed E-state index contributed by atoms with van der Waals surface area (Å²) in [6.07, 6.45) is 0.00149. The number of nitrogens with one attached hydrogen (secondary N) is 2. The highest BCUT2D eigenvalue weighted by atomic mass is 16.6. The number of hydrazine groups is 1. The van der Waals surface area contributed by atoms with E-state index in [0.717, 1.165) is 12.0 Å². The normalized spacial score (nSPS) is 23.4. The van der Waals surface area contributed by atoms with E-state index in [0.29, 0.717) is 11.5 Å². The summed E-state index contributed by atoms with van der Waals surface area (Å²) in [7, 11) is 0. The first-order chi connectivity index (χ1) is 12.2. The van der Waals surface area contributed by atoms with Crippen LogP contribution in [0.4, 0.5) is 0 Å². The second-order valence-corrected chi connectivity index (χ2v) is 6.20. The van der Waals surface area contributed by atoms with E-state index in [2.05, 4.69) is 10.9 Å². The molecule has 3 unspecified atom stereocenters. The van der Waals surface area contributed by atoms with Gasteiger partial charge in [0.15, 0.2) is 11.5 Å². The lowest BCUT2D eigenvalue weighted by Crippen LogP contribution is -2.51. The Morgan fingerprint density at radius 1 is 0.880 bits per heavy atom. The van der Waals surface area contributed by atoms with Crippen LogP contribution in [-0.2, 0) is 9.59 Å². The zero-order chi connectivity index (χ0) is 17.2. The van der Waals surface area contributed by atoms with Crippen molar-refractivity contribution in [2.24, 2.45) is 5.92 Å².